The van der Waals surface area contributed by atoms with Crippen LogP contribution in [0, 0.1) is 11.8 Å². The lowest BCUT2D eigenvalue weighted by molar-refractivity contribution is 0.100. The van der Waals surface area contributed by atoms with Crippen molar-refractivity contribution >= 4 is 25.8 Å². The van der Waals surface area contributed by atoms with Gasteiger partial charge in [0.05, 0.1) is 17.6 Å². The highest BCUT2D eigenvalue weighted by Crippen LogP contribution is 2.31. The Morgan fingerprint density at radius 2 is 2.17 bits per heavy atom. The lowest BCUT2D eigenvalue weighted by Gasteiger charge is -2.20. The zero-order valence-electron chi connectivity index (χ0n) is 10.8. The van der Waals surface area contributed by atoms with Crippen molar-refractivity contribution in [3.8, 4) is 0 Å². The van der Waals surface area contributed by atoms with Gasteiger partial charge < -0.3 is 4.74 Å². The minimum Gasteiger partial charge on any atom is -0.378 e. The van der Waals surface area contributed by atoms with Crippen molar-refractivity contribution in [1.82, 2.24) is 0 Å². The van der Waals surface area contributed by atoms with Gasteiger partial charge in [-0.2, -0.15) is 0 Å². The minimum absolute atomic E-state index is 0.374. The molecule has 0 amide bonds. The molecule has 5 heteroatoms. The highest BCUT2D eigenvalue weighted by atomic mass is 79.9. The molecule has 3 unspecified atom stereocenters. The molecule has 3 nitrogen and oxygen atoms in total. The second-order valence-corrected chi connectivity index (χ2v) is 8.52. The zero-order chi connectivity index (χ0) is 13.0. The van der Waals surface area contributed by atoms with Crippen molar-refractivity contribution in [2.75, 3.05) is 23.4 Å². The SMILES string of the molecule is O=S1(=O)CCC(C(CBr)CCCC2CCCO2)C1. The van der Waals surface area contributed by atoms with Gasteiger partial charge in [-0.3, -0.25) is 0 Å². The maximum Gasteiger partial charge on any atom is 0.150 e. The van der Waals surface area contributed by atoms with E-state index in [1.54, 1.807) is 0 Å². The van der Waals surface area contributed by atoms with Crippen LogP contribution in [-0.2, 0) is 14.6 Å². The number of ether oxygens (including phenoxy) is 1. The summed E-state index contributed by atoms with van der Waals surface area (Å²) in [5.41, 5.74) is 0. The number of halogens is 1. The van der Waals surface area contributed by atoms with Crippen molar-refractivity contribution in [1.29, 1.82) is 0 Å². The molecule has 0 aliphatic carbocycles. The second kappa shape index (κ2) is 6.71. The van der Waals surface area contributed by atoms with Crippen LogP contribution in [0.4, 0.5) is 0 Å². The molecule has 0 saturated carbocycles. The molecule has 3 atom stereocenters. The van der Waals surface area contributed by atoms with Crippen LogP contribution in [0.2, 0.25) is 0 Å². The van der Waals surface area contributed by atoms with Crippen LogP contribution in [0.5, 0.6) is 0 Å². The second-order valence-electron chi connectivity index (χ2n) is 5.64. The molecule has 2 aliphatic heterocycles. The van der Waals surface area contributed by atoms with Crippen LogP contribution >= 0.6 is 15.9 Å². The molecule has 18 heavy (non-hydrogen) atoms. The molecule has 2 fully saturated rings. The third-order valence-corrected chi connectivity index (χ3v) is 6.88. The Labute approximate surface area is 119 Å². The molecule has 0 N–H and O–H groups in total. The Balaban J connectivity index is 1.72. The third-order valence-electron chi connectivity index (χ3n) is 4.26. The lowest BCUT2D eigenvalue weighted by Crippen LogP contribution is -2.18. The number of rotatable bonds is 6. The highest BCUT2D eigenvalue weighted by Gasteiger charge is 2.32. The maximum absolute atomic E-state index is 11.5. The van der Waals surface area contributed by atoms with E-state index in [0.29, 0.717) is 29.4 Å². The molecule has 2 rings (SSSR count). The first-order chi connectivity index (χ1) is 8.61. The van der Waals surface area contributed by atoms with Crippen LogP contribution in [-0.4, -0.2) is 38.0 Å². The monoisotopic (exact) mass is 338 g/mol. The first-order valence-electron chi connectivity index (χ1n) is 6.99. The fourth-order valence-electron chi connectivity index (χ4n) is 3.11. The van der Waals surface area contributed by atoms with E-state index in [1.165, 1.54) is 12.8 Å². The van der Waals surface area contributed by atoms with Gasteiger partial charge in [-0.1, -0.05) is 22.4 Å². The number of hydrogen-bond acceptors (Lipinski definition) is 3. The van der Waals surface area contributed by atoms with Crippen LogP contribution < -0.4 is 0 Å². The number of hydrogen-bond donors (Lipinski definition) is 0. The van der Waals surface area contributed by atoms with Gasteiger partial charge in [0.2, 0.25) is 0 Å². The van der Waals surface area contributed by atoms with Gasteiger partial charge in [0, 0.05) is 11.9 Å². The summed E-state index contributed by atoms with van der Waals surface area (Å²) in [5.74, 6) is 1.69. The summed E-state index contributed by atoms with van der Waals surface area (Å²) in [6, 6.07) is 0. The van der Waals surface area contributed by atoms with Crippen LogP contribution in [0.15, 0.2) is 0 Å². The van der Waals surface area contributed by atoms with Gasteiger partial charge in [0.25, 0.3) is 0 Å². The van der Waals surface area contributed by atoms with E-state index in [-0.39, 0.29) is 0 Å². The van der Waals surface area contributed by atoms with E-state index >= 15 is 0 Å². The Bertz CT molecular complexity index is 349. The van der Waals surface area contributed by atoms with Crippen LogP contribution in [0.25, 0.3) is 0 Å². The summed E-state index contributed by atoms with van der Waals surface area (Å²) >= 11 is 3.55. The average molecular weight is 339 g/mol. The predicted octanol–water partition coefficient (Wildman–Crippen LogP) is 2.78. The normalized spacial score (nSPS) is 32.7. The Morgan fingerprint density at radius 3 is 2.72 bits per heavy atom. The minimum atomic E-state index is -2.74. The van der Waals surface area contributed by atoms with Gasteiger partial charge in [0.1, 0.15) is 0 Å². The topological polar surface area (TPSA) is 43.4 Å². The van der Waals surface area contributed by atoms with Crippen LogP contribution in [0.1, 0.15) is 38.5 Å². The summed E-state index contributed by atoms with van der Waals surface area (Å²) < 4.78 is 28.6. The molecule has 2 saturated heterocycles. The van der Waals surface area contributed by atoms with Crippen molar-refractivity contribution in [3.05, 3.63) is 0 Å². The molecular weight excluding hydrogens is 316 g/mol. The van der Waals surface area contributed by atoms with Crippen molar-refractivity contribution in [2.24, 2.45) is 11.8 Å². The smallest absolute Gasteiger partial charge is 0.150 e. The van der Waals surface area contributed by atoms with Crippen LogP contribution in [0.3, 0.4) is 0 Å². The summed E-state index contributed by atoms with van der Waals surface area (Å²) in [4.78, 5) is 0. The summed E-state index contributed by atoms with van der Waals surface area (Å²) in [6.07, 6.45) is 7.17. The molecular formula is C13H23BrO3S. The van der Waals surface area contributed by atoms with Crippen molar-refractivity contribution in [2.45, 2.75) is 44.6 Å². The number of alkyl halides is 1. The highest BCUT2D eigenvalue weighted by molar-refractivity contribution is 9.09. The molecule has 0 aromatic carbocycles. The Hall–Kier alpha value is 0.390. The van der Waals surface area contributed by atoms with Gasteiger partial charge in [-0.05, 0) is 43.9 Å². The molecule has 0 radical (unpaired) electrons. The molecule has 0 bridgehead atoms. The zero-order valence-corrected chi connectivity index (χ0v) is 13.2. The Morgan fingerprint density at radius 1 is 1.33 bits per heavy atom. The first-order valence-corrected chi connectivity index (χ1v) is 9.93. The number of sulfone groups is 1. The molecule has 2 aliphatic rings. The van der Waals surface area contributed by atoms with Crippen molar-refractivity contribution < 1.29 is 13.2 Å². The predicted molar refractivity (Wildman–Crippen MR) is 76.9 cm³/mol. The maximum atomic E-state index is 11.5. The molecule has 0 aromatic heterocycles. The van der Waals surface area contributed by atoms with Gasteiger partial charge >= 0.3 is 0 Å². The largest absolute Gasteiger partial charge is 0.378 e. The summed E-state index contributed by atoms with van der Waals surface area (Å²) in [7, 11) is -2.74. The molecule has 0 spiro atoms. The molecule has 0 aromatic rings. The standard InChI is InChI=1S/C13H23BrO3S/c14-9-11(12-6-8-18(15,16)10-12)3-1-4-13-5-2-7-17-13/h11-13H,1-10H2. The molecule has 2 heterocycles. The first kappa shape index (κ1) is 14.8. The van der Waals surface area contributed by atoms with E-state index in [1.807, 2.05) is 0 Å². The fraction of sp³-hybridized carbons (Fsp3) is 1.00. The lowest BCUT2D eigenvalue weighted by atomic mass is 9.88. The summed E-state index contributed by atoms with van der Waals surface area (Å²) in [5, 5.41) is 0.929. The van der Waals surface area contributed by atoms with Gasteiger partial charge in [0.15, 0.2) is 9.84 Å². The van der Waals surface area contributed by atoms with Crippen molar-refractivity contribution in [3.63, 3.8) is 0 Å². The van der Waals surface area contributed by atoms with E-state index < -0.39 is 9.84 Å². The molecule has 106 valence electrons. The fourth-order valence-corrected chi connectivity index (χ4v) is 5.89. The quantitative estimate of drug-likeness (QED) is 0.699. The average Bonchev–Trinajstić information content (AvgIpc) is 2.94. The Kier molecular flexibility index (Phi) is 5.51. The van der Waals surface area contributed by atoms with Gasteiger partial charge in [-0.15, -0.1) is 0 Å². The van der Waals surface area contributed by atoms with E-state index in [0.717, 1.165) is 37.6 Å². The van der Waals surface area contributed by atoms with E-state index in [2.05, 4.69) is 15.9 Å². The van der Waals surface area contributed by atoms with E-state index in [9.17, 15) is 8.42 Å². The third kappa shape index (κ3) is 4.20. The summed E-state index contributed by atoms with van der Waals surface area (Å²) in [6.45, 7) is 0.924. The van der Waals surface area contributed by atoms with E-state index in [4.69, 9.17) is 4.74 Å². The van der Waals surface area contributed by atoms with Gasteiger partial charge in [-0.25, -0.2) is 8.42 Å².